The van der Waals surface area contributed by atoms with E-state index in [4.69, 9.17) is 9.47 Å². The Kier molecular flexibility index (Phi) is 5.66. The molecule has 30 heavy (non-hydrogen) atoms. The second-order valence-electron chi connectivity index (χ2n) is 7.06. The highest BCUT2D eigenvalue weighted by Crippen LogP contribution is 2.31. The Morgan fingerprint density at radius 2 is 1.90 bits per heavy atom. The molecule has 0 radical (unpaired) electrons. The number of fused-ring (bicyclic) bond motifs is 1. The number of nitrogens with zero attached hydrogens (tertiary/aromatic N) is 2. The van der Waals surface area contributed by atoms with Crippen LogP contribution < -0.4 is 14.8 Å². The lowest BCUT2D eigenvalue weighted by Crippen LogP contribution is -2.14. The number of hydrogen-bond donors (Lipinski definition) is 1. The first-order valence-electron chi connectivity index (χ1n) is 9.69. The van der Waals surface area contributed by atoms with Crippen LogP contribution in [0.1, 0.15) is 16.8 Å². The lowest BCUT2D eigenvalue weighted by atomic mass is 10.1. The van der Waals surface area contributed by atoms with Crippen molar-refractivity contribution >= 4 is 17.2 Å². The van der Waals surface area contributed by atoms with Gasteiger partial charge in [-0.2, -0.15) is 0 Å². The zero-order valence-corrected chi connectivity index (χ0v) is 17.0. The lowest BCUT2D eigenvalue weighted by Gasteiger charge is -2.12. The molecule has 0 saturated heterocycles. The van der Waals surface area contributed by atoms with Gasteiger partial charge in [-0.1, -0.05) is 35.9 Å². The van der Waals surface area contributed by atoms with Gasteiger partial charge < -0.3 is 19.2 Å². The zero-order valence-electron chi connectivity index (χ0n) is 17.0. The molecule has 6 heteroatoms. The first kappa shape index (κ1) is 19.5. The molecule has 2 aromatic carbocycles. The highest BCUT2D eigenvalue weighted by atomic mass is 16.5. The number of rotatable bonds is 7. The number of hydrogen-bond acceptors (Lipinski definition) is 4. The minimum Gasteiger partial charge on any atom is -0.493 e. The average Bonchev–Trinajstić information content (AvgIpc) is 3.17. The van der Waals surface area contributed by atoms with E-state index in [1.54, 1.807) is 25.3 Å². The van der Waals surface area contributed by atoms with Crippen molar-refractivity contribution in [3.05, 3.63) is 89.9 Å². The summed E-state index contributed by atoms with van der Waals surface area (Å²) in [5.74, 6) is 1.05. The predicted molar refractivity (Wildman–Crippen MR) is 116 cm³/mol. The Morgan fingerprint density at radius 3 is 2.67 bits per heavy atom. The van der Waals surface area contributed by atoms with Gasteiger partial charge in [0.15, 0.2) is 11.5 Å². The maximum absolute atomic E-state index is 12.4. The number of amides is 1. The van der Waals surface area contributed by atoms with E-state index in [0.29, 0.717) is 30.2 Å². The van der Waals surface area contributed by atoms with Crippen molar-refractivity contribution in [2.75, 3.05) is 12.4 Å². The second kappa shape index (κ2) is 8.69. The van der Waals surface area contributed by atoms with Crippen LogP contribution in [0.3, 0.4) is 0 Å². The van der Waals surface area contributed by atoms with Crippen molar-refractivity contribution in [2.45, 2.75) is 20.0 Å². The maximum atomic E-state index is 12.4. The maximum Gasteiger partial charge on any atom is 0.228 e. The van der Waals surface area contributed by atoms with Crippen molar-refractivity contribution in [3.8, 4) is 11.5 Å². The third-order valence-electron chi connectivity index (χ3n) is 4.72. The van der Waals surface area contributed by atoms with Crippen LogP contribution in [0.25, 0.3) is 5.65 Å². The van der Waals surface area contributed by atoms with Gasteiger partial charge in [-0.25, -0.2) is 4.98 Å². The molecule has 0 bridgehead atoms. The van der Waals surface area contributed by atoms with Gasteiger partial charge >= 0.3 is 0 Å². The molecule has 2 heterocycles. The number of ether oxygens (including phenoxy) is 2. The first-order valence-corrected chi connectivity index (χ1v) is 9.69. The molecule has 4 rings (SSSR count). The summed E-state index contributed by atoms with van der Waals surface area (Å²) in [6.07, 6.45) is 4.18. The molecule has 4 aromatic rings. The second-order valence-corrected chi connectivity index (χ2v) is 7.06. The molecular formula is C24H23N3O3. The Hall–Kier alpha value is -3.80. The number of methoxy groups -OCH3 is 1. The van der Waals surface area contributed by atoms with Crippen LogP contribution in [-0.2, 0) is 17.8 Å². The molecule has 0 spiro atoms. The summed E-state index contributed by atoms with van der Waals surface area (Å²) < 4.78 is 13.3. The third-order valence-corrected chi connectivity index (χ3v) is 4.72. The smallest absolute Gasteiger partial charge is 0.228 e. The Balaban J connectivity index is 1.44. The van der Waals surface area contributed by atoms with Gasteiger partial charge in [0.2, 0.25) is 5.91 Å². The van der Waals surface area contributed by atoms with Crippen molar-refractivity contribution in [1.29, 1.82) is 0 Å². The van der Waals surface area contributed by atoms with Crippen LogP contribution in [0, 0.1) is 6.92 Å². The van der Waals surface area contributed by atoms with Gasteiger partial charge in [0, 0.05) is 24.1 Å². The molecule has 2 aromatic heterocycles. The predicted octanol–water partition coefficient (Wildman–Crippen LogP) is 4.41. The fourth-order valence-electron chi connectivity index (χ4n) is 3.17. The number of nitrogens with one attached hydrogen (secondary N) is 1. The molecule has 6 nitrogen and oxygen atoms in total. The van der Waals surface area contributed by atoms with Gasteiger partial charge in [-0.3, -0.25) is 4.79 Å². The van der Waals surface area contributed by atoms with Crippen LogP contribution in [0.2, 0.25) is 0 Å². The molecule has 0 aliphatic heterocycles. The molecule has 1 N–H and O–H groups in total. The van der Waals surface area contributed by atoms with Gasteiger partial charge in [-0.15, -0.1) is 0 Å². The number of pyridine rings is 1. The average molecular weight is 401 g/mol. The van der Waals surface area contributed by atoms with Crippen LogP contribution in [0.15, 0.2) is 73.1 Å². The summed E-state index contributed by atoms with van der Waals surface area (Å²) >= 11 is 0. The summed E-state index contributed by atoms with van der Waals surface area (Å²) in [4.78, 5) is 16.9. The molecule has 0 aliphatic carbocycles. The third kappa shape index (κ3) is 4.60. The fourth-order valence-corrected chi connectivity index (χ4v) is 3.17. The van der Waals surface area contributed by atoms with E-state index in [0.717, 1.165) is 16.9 Å². The Morgan fingerprint density at radius 1 is 1.07 bits per heavy atom. The molecule has 0 atom stereocenters. The van der Waals surface area contributed by atoms with E-state index in [-0.39, 0.29) is 5.91 Å². The van der Waals surface area contributed by atoms with Crippen molar-refractivity contribution < 1.29 is 14.3 Å². The molecule has 0 aliphatic rings. The van der Waals surface area contributed by atoms with Crippen molar-refractivity contribution in [2.24, 2.45) is 0 Å². The van der Waals surface area contributed by atoms with Gasteiger partial charge in [0.05, 0.1) is 19.2 Å². The zero-order chi connectivity index (χ0) is 20.9. The topological polar surface area (TPSA) is 64.9 Å². The van der Waals surface area contributed by atoms with Gasteiger partial charge in [0.1, 0.15) is 12.3 Å². The van der Waals surface area contributed by atoms with E-state index in [1.807, 2.05) is 66.2 Å². The van der Waals surface area contributed by atoms with E-state index < -0.39 is 0 Å². The largest absolute Gasteiger partial charge is 0.493 e. The van der Waals surface area contributed by atoms with Crippen LogP contribution in [0.4, 0.5) is 5.69 Å². The minimum atomic E-state index is -0.0877. The van der Waals surface area contributed by atoms with E-state index in [2.05, 4.69) is 10.3 Å². The van der Waals surface area contributed by atoms with Crippen molar-refractivity contribution in [1.82, 2.24) is 9.38 Å². The Bertz CT molecular complexity index is 1130. The number of carbonyl (C=O) groups excluding carboxylic acids is 1. The first-order chi connectivity index (χ1) is 14.6. The highest BCUT2D eigenvalue weighted by molar-refractivity contribution is 5.92. The summed E-state index contributed by atoms with van der Waals surface area (Å²) in [5, 5.41) is 2.92. The normalized spacial score (nSPS) is 10.7. The molecule has 0 unspecified atom stereocenters. The van der Waals surface area contributed by atoms with Crippen molar-refractivity contribution in [3.63, 3.8) is 0 Å². The van der Waals surface area contributed by atoms with Gasteiger partial charge in [-0.05, 0) is 36.8 Å². The number of imidazole rings is 1. The summed E-state index contributed by atoms with van der Waals surface area (Å²) in [7, 11) is 1.59. The number of anilines is 1. The Labute approximate surface area is 175 Å². The number of carbonyl (C=O) groups is 1. The van der Waals surface area contributed by atoms with Crippen LogP contribution >= 0.6 is 0 Å². The van der Waals surface area contributed by atoms with E-state index >= 15 is 0 Å². The summed E-state index contributed by atoms with van der Waals surface area (Å²) in [6.45, 7) is 2.31. The molecular weight excluding hydrogens is 378 g/mol. The molecule has 0 fully saturated rings. The van der Waals surface area contributed by atoms with Crippen LogP contribution in [-0.4, -0.2) is 22.4 Å². The SMILES string of the molecule is COc1ccc(NC(=O)Cc2ccc(C)cc2)cc1OCc1cn2ccccc2n1. The van der Waals surface area contributed by atoms with Crippen LogP contribution in [0.5, 0.6) is 11.5 Å². The lowest BCUT2D eigenvalue weighted by molar-refractivity contribution is -0.115. The van der Waals surface area contributed by atoms with E-state index in [1.165, 1.54) is 5.56 Å². The molecule has 0 saturated carbocycles. The monoisotopic (exact) mass is 401 g/mol. The number of aryl methyl sites for hydroxylation is 1. The van der Waals surface area contributed by atoms with E-state index in [9.17, 15) is 4.79 Å². The minimum absolute atomic E-state index is 0.0877. The number of benzene rings is 2. The molecule has 1 amide bonds. The highest BCUT2D eigenvalue weighted by Gasteiger charge is 2.10. The summed E-state index contributed by atoms with van der Waals surface area (Å²) in [5.41, 5.74) is 4.45. The standard InChI is InChI=1S/C24H23N3O3/c1-17-6-8-18(9-7-17)13-24(28)26-19-10-11-21(29-2)22(14-19)30-16-20-15-27-12-4-3-5-23(27)25-20/h3-12,14-15H,13,16H2,1-2H3,(H,26,28). The summed E-state index contributed by atoms with van der Waals surface area (Å²) in [6, 6.07) is 19.1. The quantitative estimate of drug-likeness (QED) is 0.498. The number of aromatic nitrogens is 2. The molecule has 152 valence electrons. The fraction of sp³-hybridized carbons (Fsp3) is 0.167. The van der Waals surface area contributed by atoms with Gasteiger partial charge in [0.25, 0.3) is 0 Å².